The lowest BCUT2D eigenvalue weighted by Crippen LogP contribution is -1.99. The predicted octanol–water partition coefficient (Wildman–Crippen LogP) is 4.02. The lowest BCUT2D eigenvalue weighted by atomic mass is 10.1. The Morgan fingerprint density at radius 2 is 2.00 bits per heavy atom. The fourth-order valence-electron chi connectivity index (χ4n) is 1.45. The second-order valence-electron chi connectivity index (χ2n) is 4.36. The molecular weight excluding hydrogens is 223 g/mol. The van der Waals surface area contributed by atoms with Crippen molar-refractivity contribution in [3.8, 4) is 0 Å². The molecule has 0 saturated heterocycles. The van der Waals surface area contributed by atoms with Crippen molar-refractivity contribution in [2.45, 2.75) is 38.2 Å². The maximum Gasteiger partial charge on any atom is 0.130 e. The Hall–Kier alpha value is -0.540. The summed E-state index contributed by atoms with van der Waals surface area (Å²) in [4.78, 5) is 0.857. The number of aliphatic hydroxyl groups excluding tert-OH is 1. The summed E-state index contributed by atoms with van der Waals surface area (Å²) in [5.41, 5.74) is 0.427. The van der Waals surface area contributed by atoms with Gasteiger partial charge >= 0.3 is 0 Å². The zero-order valence-corrected chi connectivity index (χ0v) is 10.9. The molecule has 0 aliphatic rings. The van der Waals surface area contributed by atoms with Gasteiger partial charge in [0.15, 0.2) is 0 Å². The summed E-state index contributed by atoms with van der Waals surface area (Å²) in [6.45, 7) is 5.94. The molecular formula is C13H19FOS. The van der Waals surface area contributed by atoms with Crippen molar-refractivity contribution in [1.29, 1.82) is 0 Å². The number of halogens is 1. The van der Waals surface area contributed by atoms with Crippen molar-refractivity contribution in [1.82, 2.24) is 0 Å². The van der Waals surface area contributed by atoms with Gasteiger partial charge in [0.25, 0.3) is 0 Å². The Morgan fingerprint density at radius 1 is 1.31 bits per heavy atom. The Kier molecular flexibility index (Phi) is 5.29. The second kappa shape index (κ2) is 6.26. The average molecular weight is 242 g/mol. The topological polar surface area (TPSA) is 20.2 Å². The largest absolute Gasteiger partial charge is 0.389 e. The summed E-state index contributed by atoms with van der Waals surface area (Å²) in [5.74, 6) is 1.29. The number of thioether (sulfide) groups is 1. The van der Waals surface area contributed by atoms with Gasteiger partial charge in [-0.3, -0.25) is 0 Å². The standard InChI is InChI=1S/C13H19FOS/c1-9(2)7-8-16-12-6-4-5-11(14)13(12)10(3)15/h4-6,9-10,15H,7-8H2,1-3H3/t10-/m1/s1. The molecule has 0 heterocycles. The SMILES string of the molecule is CC(C)CCSc1cccc(F)c1[C@@H](C)O. The van der Waals surface area contributed by atoms with Crippen LogP contribution in [-0.2, 0) is 0 Å². The maximum atomic E-state index is 13.5. The molecule has 1 atom stereocenters. The zero-order chi connectivity index (χ0) is 12.1. The summed E-state index contributed by atoms with van der Waals surface area (Å²) in [6, 6.07) is 4.96. The van der Waals surface area contributed by atoms with Gasteiger partial charge in [0, 0.05) is 10.5 Å². The fraction of sp³-hybridized carbons (Fsp3) is 0.538. The molecule has 0 unspecified atom stereocenters. The van der Waals surface area contributed by atoms with E-state index in [4.69, 9.17) is 0 Å². The molecule has 1 aromatic carbocycles. The lowest BCUT2D eigenvalue weighted by molar-refractivity contribution is 0.191. The van der Waals surface area contributed by atoms with Gasteiger partial charge in [0.05, 0.1) is 6.10 Å². The van der Waals surface area contributed by atoms with Crippen LogP contribution in [0, 0.1) is 11.7 Å². The molecule has 16 heavy (non-hydrogen) atoms. The van der Waals surface area contributed by atoms with Gasteiger partial charge in [-0.1, -0.05) is 19.9 Å². The van der Waals surface area contributed by atoms with Crippen molar-refractivity contribution in [2.24, 2.45) is 5.92 Å². The van der Waals surface area contributed by atoms with Crippen LogP contribution in [0.25, 0.3) is 0 Å². The van der Waals surface area contributed by atoms with Crippen LogP contribution in [-0.4, -0.2) is 10.9 Å². The summed E-state index contributed by atoms with van der Waals surface area (Å²) in [5, 5.41) is 9.54. The van der Waals surface area contributed by atoms with Crippen LogP contribution in [0.4, 0.5) is 4.39 Å². The quantitative estimate of drug-likeness (QED) is 0.787. The summed E-state index contributed by atoms with van der Waals surface area (Å²) >= 11 is 1.62. The molecule has 1 N–H and O–H groups in total. The van der Waals surface area contributed by atoms with E-state index in [9.17, 15) is 9.50 Å². The van der Waals surface area contributed by atoms with Crippen LogP contribution in [0.5, 0.6) is 0 Å². The van der Waals surface area contributed by atoms with Gasteiger partial charge < -0.3 is 5.11 Å². The van der Waals surface area contributed by atoms with Gasteiger partial charge in [0.1, 0.15) is 5.82 Å². The van der Waals surface area contributed by atoms with Crippen LogP contribution >= 0.6 is 11.8 Å². The molecule has 0 aliphatic carbocycles. The fourth-order valence-corrected chi connectivity index (χ4v) is 2.86. The van der Waals surface area contributed by atoms with Crippen molar-refractivity contribution in [2.75, 3.05) is 5.75 Å². The molecule has 90 valence electrons. The molecule has 0 amide bonds. The van der Waals surface area contributed by atoms with Crippen LogP contribution in [0.2, 0.25) is 0 Å². The van der Waals surface area contributed by atoms with Crippen molar-refractivity contribution < 1.29 is 9.50 Å². The van der Waals surface area contributed by atoms with Gasteiger partial charge in [0.2, 0.25) is 0 Å². The van der Waals surface area contributed by atoms with Gasteiger partial charge in [-0.15, -0.1) is 11.8 Å². The van der Waals surface area contributed by atoms with E-state index in [1.165, 1.54) is 6.07 Å². The van der Waals surface area contributed by atoms with Crippen molar-refractivity contribution in [3.05, 3.63) is 29.6 Å². The van der Waals surface area contributed by atoms with Crippen LogP contribution in [0.1, 0.15) is 38.9 Å². The highest BCUT2D eigenvalue weighted by atomic mass is 32.2. The first kappa shape index (κ1) is 13.5. The minimum absolute atomic E-state index is 0.315. The van der Waals surface area contributed by atoms with Crippen LogP contribution < -0.4 is 0 Å². The predicted molar refractivity (Wildman–Crippen MR) is 67.2 cm³/mol. The number of rotatable bonds is 5. The molecule has 0 aliphatic heterocycles. The summed E-state index contributed by atoms with van der Waals surface area (Å²) in [7, 11) is 0. The Labute approximate surface area is 101 Å². The first-order chi connectivity index (χ1) is 7.52. The molecule has 0 aromatic heterocycles. The van der Waals surface area contributed by atoms with E-state index in [2.05, 4.69) is 13.8 Å². The van der Waals surface area contributed by atoms with Gasteiger partial charge in [-0.25, -0.2) is 4.39 Å². The monoisotopic (exact) mass is 242 g/mol. The van der Waals surface area contributed by atoms with E-state index < -0.39 is 6.10 Å². The van der Waals surface area contributed by atoms with Crippen molar-refractivity contribution in [3.63, 3.8) is 0 Å². The van der Waals surface area contributed by atoms with Gasteiger partial charge in [-0.05, 0) is 37.1 Å². The Morgan fingerprint density at radius 3 is 2.56 bits per heavy atom. The third-order valence-corrected chi connectivity index (χ3v) is 3.49. The summed E-state index contributed by atoms with van der Waals surface area (Å²) < 4.78 is 13.5. The van der Waals surface area contributed by atoms with E-state index in [1.54, 1.807) is 24.8 Å². The van der Waals surface area contributed by atoms with Crippen LogP contribution in [0.15, 0.2) is 23.1 Å². The van der Waals surface area contributed by atoms with E-state index in [0.717, 1.165) is 17.1 Å². The minimum Gasteiger partial charge on any atom is -0.389 e. The lowest BCUT2D eigenvalue weighted by Gasteiger charge is -2.13. The Balaban J connectivity index is 2.75. The normalized spacial score (nSPS) is 13.1. The Bertz CT molecular complexity index is 337. The van der Waals surface area contributed by atoms with Gasteiger partial charge in [-0.2, -0.15) is 0 Å². The van der Waals surface area contributed by atoms with E-state index in [-0.39, 0.29) is 5.82 Å². The van der Waals surface area contributed by atoms with E-state index in [1.807, 2.05) is 6.07 Å². The number of hydrogen-bond acceptors (Lipinski definition) is 2. The summed E-state index contributed by atoms with van der Waals surface area (Å²) in [6.07, 6.45) is 0.350. The molecule has 1 aromatic rings. The third kappa shape index (κ3) is 3.80. The highest BCUT2D eigenvalue weighted by molar-refractivity contribution is 7.99. The highest BCUT2D eigenvalue weighted by Crippen LogP contribution is 2.30. The first-order valence-electron chi connectivity index (χ1n) is 5.61. The average Bonchev–Trinajstić information content (AvgIpc) is 2.16. The minimum atomic E-state index is -0.747. The smallest absolute Gasteiger partial charge is 0.130 e. The molecule has 3 heteroatoms. The molecule has 1 rings (SSSR count). The third-order valence-electron chi connectivity index (χ3n) is 2.38. The first-order valence-corrected chi connectivity index (χ1v) is 6.60. The second-order valence-corrected chi connectivity index (χ2v) is 5.50. The number of aliphatic hydroxyl groups is 1. The molecule has 1 nitrogen and oxygen atoms in total. The maximum absolute atomic E-state index is 13.5. The van der Waals surface area contributed by atoms with Crippen LogP contribution in [0.3, 0.4) is 0 Å². The molecule has 0 fully saturated rings. The molecule has 0 radical (unpaired) electrons. The molecule has 0 saturated carbocycles. The highest BCUT2D eigenvalue weighted by Gasteiger charge is 2.13. The van der Waals surface area contributed by atoms with Crippen molar-refractivity contribution >= 4 is 11.8 Å². The number of benzene rings is 1. The molecule has 0 bridgehead atoms. The molecule has 0 spiro atoms. The zero-order valence-electron chi connectivity index (χ0n) is 10.0. The van der Waals surface area contributed by atoms with E-state index >= 15 is 0 Å². The van der Waals surface area contributed by atoms with E-state index in [0.29, 0.717) is 11.5 Å². The number of hydrogen-bond donors (Lipinski definition) is 1.